The highest BCUT2D eigenvalue weighted by atomic mass is 79.9. The van der Waals surface area contributed by atoms with Crippen LogP contribution in [0.5, 0.6) is 5.75 Å². The van der Waals surface area contributed by atoms with Crippen LogP contribution >= 0.6 is 15.9 Å². The summed E-state index contributed by atoms with van der Waals surface area (Å²) in [7, 11) is 0. The lowest BCUT2D eigenvalue weighted by atomic mass is 10.1. The van der Waals surface area contributed by atoms with E-state index in [-0.39, 0.29) is 11.5 Å². The Bertz CT molecular complexity index is 557. The van der Waals surface area contributed by atoms with Crippen LogP contribution in [0.4, 0.5) is 0 Å². The molecule has 100 valence electrons. The van der Waals surface area contributed by atoms with Crippen molar-refractivity contribution in [2.45, 2.75) is 13.8 Å². The predicted octanol–water partition coefficient (Wildman–Crippen LogP) is 3.17. The predicted molar refractivity (Wildman–Crippen MR) is 79.6 cm³/mol. The maximum Gasteiger partial charge on any atom is 0.152 e. The molecule has 1 aromatic heterocycles. The summed E-state index contributed by atoms with van der Waals surface area (Å²) in [4.78, 5) is 18.0. The third-order valence-electron chi connectivity index (χ3n) is 2.26. The molecule has 0 aliphatic rings. The molecular formula is C14H15BrN2O2. The van der Waals surface area contributed by atoms with Gasteiger partial charge < -0.3 is 5.11 Å². The summed E-state index contributed by atoms with van der Waals surface area (Å²) in [5, 5.41) is 11.1. The largest absolute Gasteiger partial charge is 0.508 e. The number of aryl methyl sites for hydroxylation is 1. The van der Waals surface area contributed by atoms with E-state index in [0.29, 0.717) is 0 Å². The van der Waals surface area contributed by atoms with Crippen molar-refractivity contribution >= 4 is 32.6 Å². The van der Waals surface area contributed by atoms with Gasteiger partial charge in [-0.2, -0.15) is 0 Å². The molecule has 0 unspecified atom stereocenters. The van der Waals surface area contributed by atoms with Gasteiger partial charge in [-0.25, -0.2) is 9.97 Å². The number of hydrogen-bond donors (Lipinski definition) is 1. The molecule has 2 aromatic rings. The van der Waals surface area contributed by atoms with Crippen LogP contribution in [0.3, 0.4) is 0 Å². The number of phenolic OH excluding ortho intramolecular Hbond substituents is 1. The number of carbonyl (C=O) groups excluding carboxylic acids is 1. The van der Waals surface area contributed by atoms with Gasteiger partial charge in [0.05, 0.1) is 5.52 Å². The Morgan fingerprint density at radius 2 is 2.21 bits per heavy atom. The van der Waals surface area contributed by atoms with E-state index in [1.165, 1.54) is 19.3 Å². The molecule has 0 fully saturated rings. The van der Waals surface area contributed by atoms with Crippen LogP contribution in [0.2, 0.25) is 0 Å². The highest BCUT2D eigenvalue weighted by molar-refractivity contribution is 9.09. The van der Waals surface area contributed by atoms with Crippen LogP contribution in [-0.2, 0) is 4.79 Å². The SMILES string of the molecule is CC(=O)/C=C/CBr.Cc1cc2cncnc2cc1O. The molecule has 2 rings (SSSR count). The van der Waals surface area contributed by atoms with Crippen molar-refractivity contribution in [3.63, 3.8) is 0 Å². The fourth-order valence-electron chi connectivity index (χ4n) is 1.34. The molecule has 0 bridgehead atoms. The maximum absolute atomic E-state index is 10.1. The van der Waals surface area contributed by atoms with Gasteiger partial charge in [0.1, 0.15) is 12.1 Å². The molecule has 0 amide bonds. The van der Waals surface area contributed by atoms with Crippen molar-refractivity contribution < 1.29 is 9.90 Å². The molecule has 1 heterocycles. The number of alkyl halides is 1. The van der Waals surface area contributed by atoms with Crippen LogP contribution in [0.25, 0.3) is 10.9 Å². The molecule has 0 saturated carbocycles. The summed E-state index contributed by atoms with van der Waals surface area (Å²) in [6, 6.07) is 3.51. The number of fused-ring (bicyclic) bond motifs is 1. The van der Waals surface area contributed by atoms with E-state index < -0.39 is 0 Å². The topological polar surface area (TPSA) is 63.1 Å². The third-order valence-corrected chi connectivity index (χ3v) is 2.64. The Labute approximate surface area is 120 Å². The molecule has 0 spiro atoms. The number of carbonyl (C=O) groups is 1. The van der Waals surface area contributed by atoms with Gasteiger partial charge in [0.15, 0.2) is 5.78 Å². The molecule has 1 aromatic carbocycles. The molecular weight excluding hydrogens is 308 g/mol. The molecule has 5 heteroatoms. The maximum atomic E-state index is 10.1. The standard InChI is InChI=1S/C9H8N2O.C5H7BrO/c1-6-2-7-4-10-5-11-8(7)3-9(6)12;1-5(7)3-2-4-6/h2-5,12H,1H3;2-3H,4H2,1H3/b;3-2+. The van der Waals surface area contributed by atoms with Gasteiger partial charge in [-0.05, 0) is 31.6 Å². The first kappa shape index (κ1) is 15.3. The minimum absolute atomic E-state index is 0.0967. The average molecular weight is 323 g/mol. The molecule has 0 radical (unpaired) electrons. The Morgan fingerprint density at radius 1 is 1.47 bits per heavy atom. The first-order chi connectivity index (χ1) is 9.04. The normalized spacial score (nSPS) is 10.3. The third kappa shape index (κ3) is 5.18. The smallest absolute Gasteiger partial charge is 0.152 e. The first-order valence-corrected chi connectivity index (χ1v) is 6.79. The number of allylic oxidation sites excluding steroid dienone is 2. The number of nitrogens with zero attached hydrogens (tertiary/aromatic N) is 2. The molecule has 0 saturated heterocycles. The van der Waals surface area contributed by atoms with Gasteiger partial charge >= 0.3 is 0 Å². The summed E-state index contributed by atoms with van der Waals surface area (Å²) >= 11 is 3.14. The van der Waals surface area contributed by atoms with E-state index in [2.05, 4.69) is 25.9 Å². The second kappa shape index (κ2) is 7.63. The number of aromatic nitrogens is 2. The van der Waals surface area contributed by atoms with Gasteiger partial charge in [-0.1, -0.05) is 22.0 Å². The van der Waals surface area contributed by atoms with Crippen molar-refractivity contribution in [3.05, 3.63) is 42.4 Å². The summed E-state index contributed by atoms with van der Waals surface area (Å²) < 4.78 is 0. The Hall–Kier alpha value is -1.75. The van der Waals surface area contributed by atoms with Crippen LogP contribution in [0.15, 0.2) is 36.8 Å². The van der Waals surface area contributed by atoms with Crippen LogP contribution in [0, 0.1) is 6.92 Å². The second-order valence-electron chi connectivity index (χ2n) is 3.89. The number of benzene rings is 1. The zero-order chi connectivity index (χ0) is 14.3. The first-order valence-electron chi connectivity index (χ1n) is 5.67. The monoisotopic (exact) mass is 322 g/mol. The zero-order valence-electron chi connectivity index (χ0n) is 10.8. The molecule has 19 heavy (non-hydrogen) atoms. The summed E-state index contributed by atoms with van der Waals surface area (Å²) in [6.45, 7) is 3.38. The molecule has 4 nitrogen and oxygen atoms in total. The van der Waals surface area contributed by atoms with Gasteiger partial charge in [0.25, 0.3) is 0 Å². The van der Waals surface area contributed by atoms with Crippen LogP contribution in [-0.4, -0.2) is 26.2 Å². The number of rotatable bonds is 2. The van der Waals surface area contributed by atoms with Crippen molar-refractivity contribution in [3.8, 4) is 5.75 Å². The number of ketones is 1. The minimum Gasteiger partial charge on any atom is -0.508 e. The van der Waals surface area contributed by atoms with Crippen molar-refractivity contribution in [1.29, 1.82) is 0 Å². The van der Waals surface area contributed by atoms with Crippen LogP contribution < -0.4 is 0 Å². The van der Waals surface area contributed by atoms with Crippen molar-refractivity contribution in [1.82, 2.24) is 9.97 Å². The van der Waals surface area contributed by atoms with Gasteiger partial charge in [-0.3, -0.25) is 4.79 Å². The summed E-state index contributed by atoms with van der Waals surface area (Å²) in [6.07, 6.45) is 6.50. The lowest BCUT2D eigenvalue weighted by Gasteiger charge is -1.99. The number of hydrogen-bond acceptors (Lipinski definition) is 4. The molecule has 0 aliphatic carbocycles. The van der Waals surface area contributed by atoms with Gasteiger partial charge in [0, 0.05) is 23.0 Å². The van der Waals surface area contributed by atoms with E-state index in [1.807, 2.05) is 13.0 Å². The van der Waals surface area contributed by atoms with Crippen molar-refractivity contribution in [2.24, 2.45) is 0 Å². The van der Waals surface area contributed by atoms with Gasteiger partial charge in [0.2, 0.25) is 0 Å². The summed E-state index contributed by atoms with van der Waals surface area (Å²) in [5.41, 5.74) is 1.62. The fourth-order valence-corrected chi connectivity index (χ4v) is 1.53. The van der Waals surface area contributed by atoms with Crippen LogP contribution in [0.1, 0.15) is 12.5 Å². The lowest BCUT2D eigenvalue weighted by molar-refractivity contribution is -0.112. The lowest BCUT2D eigenvalue weighted by Crippen LogP contribution is -1.82. The minimum atomic E-state index is 0.0967. The highest BCUT2D eigenvalue weighted by Crippen LogP contribution is 2.21. The highest BCUT2D eigenvalue weighted by Gasteiger charge is 1.99. The Morgan fingerprint density at radius 3 is 2.79 bits per heavy atom. The molecule has 0 atom stereocenters. The molecule has 1 N–H and O–H groups in total. The van der Waals surface area contributed by atoms with E-state index in [9.17, 15) is 9.90 Å². The number of phenols is 1. The van der Waals surface area contributed by atoms with E-state index in [0.717, 1.165) is 21.8 Å². The average Bonchev–Trinajstić information content (AvgIpc) is 2.38. The zero-order valence-corrected chi connectivity index (χ0v) is 12.4. The summed E-state index contributed by atoms with van der Waals surface area (Å²) in [5.74, 6) is 0.376. The van der Waals surface area contributed by atoms with E-state index in [4.69, 9.17) is 0 Å². The Balaban J connectivity index is 0.000000224. The van der Waals surface area contributed by atoms with E-state index in [1.54, 1.807) is 18.3 Å². The fraction of sp³-hybridized carbons (Fsp3) is 0.214. The van der Waals surface area contributed by atoms with Crippen molar-refractivity contribution in [2.75, 3.05) is 5.33 Å². The van der Waals surface area contributed by atoms with Gasteiger partial charge in [-0.15, -0.1) is 0 Å². The number of aromatic hydroxyl groups is 1. The number of halogens is 1. The quantitative estimate of drug-likeness (QED) is 0.681. The Kier molecular flexibility index (Phi) is 6.15. The molecule has 0 aliphatic heterocycles. The second-order valence-corrected chi connectivity index (χ2v) is 4.54. The van der Waals surface area contributed by atoms with E-state index >= 15 is 0 Å².